The summed E-state index contributed by atoms with van der Waals surface area (Å²) in [6.45, 7) is 6.91. The van der Waals surface area contributed by atoms with Gasteiger partial charge in [0.1, 0.15) is 11.6 Å². The summed E-state index contributed by atoms with van der Waals surface area (Å²) < 4.78 is 0. The maximum atomic E-state index is 6.03. The number of benzene rings is 1. The molecule has 0 aliphatic heterocycles. The van der Waals surface area contributed by atoms with Crippen molar-refractivity contribution >= 4 is 29.0 Å². The Morgan fingerprint density at radius 2 is 1.85 bits per heavy atom. The zero-order valence-corrected chi connectivity index (χ0v) is 13.3. The lowest BCUT2D eigenvalue weighted by Crippen LogP contribution is -2.08. The van der Waals surface area contributed by atoms with Crippen molar-refractivity contribution < 1.29 is 0 Å². The fourth-order valence-electron chi connectivity index (χ4n) is 1.94. The van der Waals surface area contributed by atoms with Crippen LogP contribution in [0, 0.1) is 13.8 Å². The molecule has 5 heteroatoms. The number of nitrogens with zero attached hydrogens (tertiary/aromatic N) is 2. The van der Waals surface area contributed by atoms with Crippen molar-refractivity contribution in [1.29, 1.82) is 0 Å². The summed E-state index contributed by atoms with van der Waals surface area (Å²) in [5.74, 6) is 1.68. The Bertz CT molecular complexity index is 627. The third-order valence-electron chi connectivity index (χ3n) is 3.13. The summed E-state index contributed by atoms with van der Waals surface area (Å²) in [6.07, 6.45) is 0.635. The molecule has 0 radical (unpaired) electrons. The third kappa shape index (κ3) is 3.41. The van der Waals surface area contributed by atoms with Crippen molar-refractivity contribution in [3.63, 3.8) is 0 Å². The predicted octanol–water partition coefficient (Wildman–Crippen LogP) is 4.42. The quantitative estimate of drug-likeness (QED) is 0.908. The summed E-state index contributed by atoms with van der Waals surface area (Å²) in [5.41, 5.74) is 3.13. The molecule has 1 aromatic heterocycles. The van der Waals surface area contributed by atoms with Gasteiger partial charge >= 0.3 is 0 Å². The number of hydrogen-bond donors (Lipinski definition) is 1. The maximum absolute atomic E-state index is 6.03. The van der Waals surface area contributed by atoms with Crippen LogP contribution in [-0.4, -0.2) is 16.5 Å². The average Bonchev–Trinajstić information content (AvgIpc) is 2.40. The molecule has 0 bridgehead atoms. The first kappa shape index (κ1) is 15.1. The van der Waals surface area contributed by atoms with Crippen LogP contribution in [0.1, 0.15) is 29.6 Å². The molecule has 0 spiro atoms. The van der Waals surface area contributed by atoms with Gasteiger partial charge in [-0.3, -0.25) is 0 Å². The highest BCUT2D eigenvalue weighted by molar-refractivity contribution is 6.42. The van der Waals surface area contributed by atoms with Crippen LogP contribution in [-0.2, 0) is 6.42 Å². The Morgan fingerprint density at radius 1 is 1.10 bits per heavy atom. The van der Waals surface area contributed by atoms with Crippen LogP contribution in [0.25, 0.3) is 0 Å². The van der Waals surface area contributed by atoms with E-state index in [9.17, 15) is 0 Å². The lowest BCUT2D eigenvalue weighted by Gasteiger charge is -2.11. The number of hydrogen-bond acceptors (Lipinski definition) is 3. The molecule has 0 fully saturated rings. The minimum Gasteiger partial charge on any atom is -0.370 e. The zero-order chi connectivity index (χ0) is 14.7. The molecule has 0 amide bonds. The van der Waals surface area contributed by atoms with Gasteiger partial charge in [0, 0.05) is 24.2 Å². The summed E-state index contributed by atoms with van der Waals surface area (Å²) in [4.78, 5) is 9.11. The first-order valence-corrected chi connectivity index (χ1v) is 7.28. The van der Waals surface area contributed by atoms with Gasteiger partial charge in [-0.15, -0.1) is 0 Å². The largest absolute Gasteiger partial charge is 0.370 e. The molecular formula is C15H17Cl2N3. The number of aromatic nitrogens is 2. The molecule has 1 heterocycles. The molecule has 0 aliphatic rings. The van der Waals surface area contributed by atoms with Crippen LogP contribution < -0.4 is 5.32 Å². The van der Waals surface area contributed by atoms with E-state index in [-0.39, 0.29) is 0 Å². The molecule has 0 unspecified atom stereocenters. The van der Waals surface area contributed by atoms with Crippen LogP contribution >= 0.6 is 23.2 Å². The molecule has 0 saturated carbocycles. The van der Waals surface area contributed by atoms with Gasteiger partial charge in [-0.25, -0.2) is 9.97 Å². The van der Waals surface area contributed by atoms with Gasteiger partial charge in [0.2, 0.25) is 0 Å². The van der Waals surface area contributed by atoms with Gasteiger partial charge in [0.15, 0.2) is 0 Å². The molecule has 0 atom stereocenters. The van der Waals surface area contributed by atoms with Crippen molar-refractivity contribution in [1.82, 2.24) is 9.97 Å². The van der Waals surface area contributed by atoms with E-state index >= 15 is 0 Å². The molecule has 2 rings (SSSR count). The van der Waals surface area contributed by atoms with E-state index in [1.54, 1.807) is 6.07 Å². The van der Waals surface area contributed by atoms with Crippen molar-refractivity contribution in [2.24, 2.45) is 0 Å². The van der Waals surface area contributed by atoms with Gasteiger partial charge in [-0.1, -0.05) is 29.3 Å². The van der Waals surface area contributed by atoms with E-state index in [0.29, 0.717) is 16.5 Å². The van der Waals surface area contributed by atoms with Crippen LogP contribution in [0.15, 0.2) is 18.2 Å². The minimum absolute atomic E-state index is 0.555. The standard InChI is InChI=1S/C15H17Cl2N3/c1-4-18-15-9(2)10(3)19-14(20-15)8-11-5-6-12(16)13(17)7-11/h5-7H,4,8H2,1-3H3,(H,18,19,20). The minimum atomic E-state index is 0.555. The highest BCUT2D eigenvalue weighted by Crippen LogP contribution is 2.24. The van der Waals surface area contributed by atoms with E-state index in [2.05, 4.69) is 22.2 Å². The molecule has 0 aliphatic carbocycles. The zero-order valence-electron chi connectivity index (χ0n) is 11.8. The van der Waals surface area contributed by atoms with Crippen molar-refractivity contribution in [3.05, 3.63) is 50.9 Å². The topological polar surface area (TPSA) is 37.8 Å². The molecule has 1 aromatic carbocycles. The lowest BCUT2D eigenvalue weighted by molar-refractivity contribution is 0.923. The van der Waals surface area contributed by atoms with E-state index in [0.717, 1.165) is 35.0 Å². The predicted molar refractivity (Wildman–Crippen MR) is 84.9 cm³/mol. The van der Waals surface area contributed by atoms with Crippen LogP contribution in [0.3, 0.4) is 0 Å². The molecule has 0 saturated heterocycles. The summed E-state index contributed by atoms with van der Waals surface area (Å²) in [5, 5.41) is 4.38. The van der Waals surface area contributed by atoms with Crippen molar-refractivity contribution in [2.45, 2.75) is 27.2 Å². The van der Waals surface area contributed by atoms with E-state index in [1.165, 1.54) is 0 Å². The van der Waals surface area contributed by atoms with Gasteiger partial charge in [0.05, 0.1) is 10.0 Å². The Kier molecular flexibility index (Phi) is 4.84. The van der Waals surface area contributed by atoms with E-state index in [1.807, 2.05) is 26.0 Å². The maximum Gasteiger partial charge on any atom is 0.135 e. The van der Waals surface area contributed by atoms with Crippen LogP contribution in [0.4, 0.5) is 5.82 Å². The Hall–Kier alpha value is -1.32. The Balaban J connectivity index is 2.31. The smallest absolute Gasteiger partial charge is 0.135 e. The monoisotopic (exact) mass is 309 g/mol. The van der Waals surface area contributed by atoms with Crippen molar-refractivity contribution in [2.75, 3.05) is 11.9 Å². The lowest BCUT2D eigenvalue weighted by atomic mass is 10.1. The number of rotatable bonds is 4. The number of anilines is 1. The van der Waals surface area contributed by atoms with E-state index < -0.39 is 0 Å². The average molecular weight is 310 g/mol. The first-order valence-electron chi connectivity index (χ1n) is 6.53. The second-order valence-electron chi connectivity index (χ2n) is 4.65. The second-order valence-corrected chi connectivity index (χ2v) is 5.47. The summed E-state index contributed by atoms with van der Waals surface area (Å²) in [6, 6.07) is 5.60. The van der Waals surface area contributed by atoms with Crippen LogP contribution in [0.5, 0.6) is 0 Å². The summed E-state index contributed by atoms with van der Waals surface area (Å²) >= 11 is 12.0. The molecule has 106 valence electrons. The van der Waals surface area contributed by atoms with Gasteiger partial charge in [-0.05, 0) is 38.5 Å². The second kappa shape index (κ2) is 6.42. The normalized spacial score (nSPS) is 10.7. The Morgan fingerprint density at radius 3 is 2.50 bits per heavy atom. The number of nitrogens with one attached hydrogen (secondary N) is 1. The van der Waals surface area contributed by atoms with Crippen molar-refractivity contribution in [3.8, 4) is 0 Å². The fraction of sp³-hybridized carbons (Fsp3) is 0.333. The highest BCUT2D eigenvalue weighted by Gasteiger charge is 2.09. The summed E-state index contributed by atoms with van der Waals surface area (Å²) in [7, 11) is 0. The third-order valence-corrected chi connectivity index (χ3v) is 3.87. The first-order chi connectivity index (χ1) is 9.51. The fourth-order valence-corrected chi connectivity index (χ4v) is 2.26. The van der Waals surface area contributed by atoms with E-state index in [4.69, 9.17) is 23.2 Å². The number of aryl methyl sites for hydroxylation is 1. The van der Waals surface area contributed by atoms with Gasteiger partial charge < -0.3 is 5.32 Å². The number of halogens is 2. The van der Waals surface area contributed by atoms with Gasteiger partial charge in [0.25, 0.3) is 0 Å². The molecule has 1 N–H and O–H groups in total. The molecule has 20 heavy (non-hydrogen) atoms. The van der Waals surface area contributed by atoms with Gasteiger partial charge in [-0.2, -0.15) is 0 Å². The molecular weight excluding hydrogens is 293 g/mol. The SMILES string of the molecule is CCNc1nc(Cc2ccc(Cl)c(Cl)c2)nc(C)c1C. The molecule has 2 aromatic rings. The highest BCUT2D eigenvalue weighted by atomic mass is 35.5. The van der Waals surface area contributed by atoms with Crippen LogP contribution in [0.2, 0.25) is 10.0 Å². The molecule has 3 nitrogen and oxygen atoms in total. The Labute approximate surface area is 129 Å².